The number of amides is 1. The molecule has 1 aromatic rings. The van der Waals surface area contributed by atoms with E-state index in [9.17, 15) is 9.59 Å². The predicted octanol–water partition coefficient (Wildman–Crippen LogP) is -1.02. The van der Waals surface area contributed by atoms with Crippen LogP contribution in [0.3, 0.4) is 0 Å². The third-order valence-corrected chi connectivity index (χ3v) is 2.89. The predicted molar refractivity (Wildman–Crippen MR) is 72.7 cm³/mol. The zero-order valence-electron chi connectivity index (χ0n) is 11.2. The summed E-state index contributed by atoms with van der Waals surface area (Å²) in [6.07, 6.45) is 5.16. The van der Waals surface area contributed by atoms with Gasteiger partial charge in [0.15, 0.2) is 0 Å². The first-order valence-electron chi connectivity index (χ1n) is 6.51. The highest BCUT2D eigenvalue weighted by Gasteiger charge is 2.23. The van der Waals surface area contributed by atoms with Gasteiger partial charge in [-0.25, -0.2) is 9.78 Å². The van der Waals surface area contributed by atoms with Crippen LogP contribution in [0.15, 0.2) is 12.5 Å². The van der Waals surface area contributed by atoms with Gasteiger partial charge < -0.3 is 26.9 Å². The summed E-state index contributed by atoms with van der Waals surface area (Å²) < 4.78 is 0. The minimum Gasteiger partial charge on any atom is -0.480 e. The van der Waals surface area contributed by atoms with Crippen molar-refractivity contribution in [3.05, 3.63) is 18.2 Å². The molecule has 7 N–H and O–H groups in total. The summed E-state index contributed by atoms with van der Waals surface area (Å²) in [5, 5.41) is 11.5. The molecule has 8 heteroatoms. The lowest BCUT2D eigenvalue weighted by atomic mass is 10.1. The number of carbonyl (C=O) groups excluding carboxylic acids is 1. The van der Waals surface area contributed by atoms with E-state index in [4.69, 9.17) is 16.6 Å². The first-order chi connectivity index (χ1) is 9.54. The van der Waals surface area contributed by atoms with Gasteiger partial charge in [0.1, 0.15) is 6.04 Å². The summed E-state index contributed by atoms with van der Waals surface area (Å²) in [6.45, 7) is 0.547. The van der Waals surface area contributed by atoms with E-state index in [2.05, 4.69) is 15.3 Å². The highest BCUT2D eigenvalue weighted by atomic mass is 16.4. The summed E-state index contributed by atoms with van der Waals surface area (Å²) in [4.78, 5) is 29.6. The van der Waals surface area contributed by atoms with Crippen LogP contribution in [0.1, 0.15) is 25.0 Å². The van der Waals surface area contributed by atoms with Crippen molar-refractivity contribution in [2.75, 3.05) is 6.54 Å². The molecule has 2 atom stereocenters. The largest absolute Gasteiger partial charge is 0.480 e. The summed E-state index contributed by atoms with van der Waals surface area (Å²) in [5.74, 6) is -1.58. The van der Waals surface area contributed by atoms with Crippen molar-refractivity contribution in [1.29, 1.82) is 0 Å². The lowest BCUT2D eigenvalue weighted by Crippen LogP contribution is -2.49. The average Bonchev–Trinajstić information content (AvgIpc) is 2.90. The second-order valence-electron chi connectivity index (χ2n) is 4.56. The number of nitrogens with zero attached hydrogens (tertiary/aromatic N) is 1. The van der Waals surface area contributed by atoms with Gasteiger partial charge in [-0.3, -0.25) is 4.79 Å². The summed E-state index contributed by atoms with van der Waals surface area (Å²) in [7, 11) is 0. The average molecular weight is 283 g/mol. The van der Waals surface area contributed by atoms with Crippen molar-refractivity contribution < 1.29 is 14.7 Å². The zero-order chi connectivity index (χ0) is 15.0. The van der Waals surface area contributed by atoms with Crippen molar-refractivity contribution in [1.82, 2.24) is 15.3 Å². The van der Waals surface area contributed by atoms with Crippen LogP contribution < -0.4 is 16.8 Å². The first-order valence-corrected chi connectivity index (χ1v) is 6.51. The van der Waals surface area contributed by atoms with Gasteiger partial charge in [0, 0.05) is 12.6 Å². The third-order valence-electron chi connectivity index (χ3n) is 2.89. The molecule has 0 aliphatic carbocycles. The van der Waals surface area contributed by atoms with Crippen molar-refractivity contribution in [2.45, 2.75) is 37.8 Å². The molecule has 8 nitrogen and oxygen atoms in total. The molecule has 0 aliphatic heterocycles. The molecule has 0 aliphatic rings. The number of aromatic nitrogens is 2. The van der Waals surface area contributed by atoms with Crippen LogP contribution >= 0.6 is 0 Å². The number of hydrogen-bond donors (Lipinski definition) is 5. The molecule has 0 saturated carbocycles. The molecule has 1 amide bonds. The molecule has 112 valence electrons. The molecular formula is C12H21N5O3. The molecule has 0 spiro atoms. The Morgan fingerprint density at radius 3 is 2.75 bits per heavy atom. The lowest BCUT2D eigenvalue weighted by Gasteiger charge is -2.17. The van der Waals surface area contributed by atoms with Crippen LogP contribution in [-0.2, 0) is 16.0 Å². The quantitative estimate of drug-likeness (QED) is 0.366. The van der Waals surface area contributed by atoms with Crippen molar-refractivity contribution >= 4 is 11.9 Å². The number of unbranched alkanes of at least 4 members (excludes halogenated alkanes) is 1. The highest BCUT2D eigenvalue weighted by molar-refractivity contribution is 5.86. The number of imidazole rings is 1. The zero-order valence-corrected chi connectivity index (χ0v) is 11.2. The standard InChI is InChI=1S/C12H21N5O3/c13-4-2-1-3-9(14)11(18)17-10(12(19)20)5-8-6-15-7-16-8/h6-7,9-10H,1-5,13-14H2,(H,15,16)(H,17,18)(H,19,20). The van der Waals surface area contributed by atoms with Crippen LogP contribution in [0.4, 0.5) is 0 Å². The van der Waals surface area contributed by atoms with Gasteiger partial charge in [-0.2, -0.15) is 0 Å². The van der Waals surface area contributed by atoms with Gasteiger partial charge in [-0.1, -0.05) is 6.42 Å². The number of H-pyrrole nitrogens is 1. The second kappa shape index (κ2) is 8.28. The van der Waals surface area contributed by atoms with Gasteiger partial charge in [-0.05, 0) is 19.4 Å². The molecule has 0 aromatic carbocycles. The molecular weight excluding hydrogens is 262 g/mol. The number of carboxylic acid groups (broad SMARTS) is 1. The van der Waals surface area contributed by atoms with Crippen LogP contribution in [0.5, 0.6) is 0 Å². The molecule has 2 unspecified atom stereocenters. The maximum Gasteiger partial charge on any atom is 0.326 e. The molecule has 1 rings (SSSR count). The van der Waals surface area contributed by atoms with Crippen LogP contribution in [0.25, 0.3) is 0 Å². The van der Waals surface area contributed by atoms with E-state index in [0.29, 0.717) is 18.7 Å². The number of carboxylic acids is 1. The number of hydrogen-bond acceptors (Lipinski definition) is 5. The smallest absolute Gasteiger partial charge is 0.326 e. The van der Waals surface area contributed by atoms with Crippen LogP contribution in [0.2, 0.25) is 0 Å². The van der Waals surface area contributed by atoms with Gasteiger partial charge in [-0.15, -0.1) is 0 Å². The Bertz CT molecular complexity index is 421. The summed E-state index contributed by atoms with van der Waals surface area (Å²) >= 11 is 0. The number of aromatic amines is 1. The molecule has 1 aromatic heterocycles. The van der Waals surface area contributed by atoms with Crippen molar-refractivity contribution in [3.63, 3.8) is 0 Å². The van der Waals surface area contributed by atoms with Gasteiger partial charge in [0.25, 0.3) is 0 Å². The normalized spacial score (nSPS) is 13.7. The third kappa shape index (κ3) is 5.37. The molecule has 0 bridgehead atoms. The van der Waals surface area contributed by atoms with Crippen molar-refractivity contribution in [2.24, 2.45) is 11.5 Å². The Kier molecular flexibility index (Phi) is 6.68. The Hall–Kier alpha value is -1.93. The van der Waals surface area contributed by atoms with Gasteiger partial charge in [0.05, 0.1) is 18.1 Å². The second-order valence-corrected chi connectivity index (χ2v) is 4.56. The SMILES string of the molecule is NCCCCC(N)C(=O)NC(Cc1c[nH]cn1)C(=O)O. The van der Waals surface area contributed by atoms with E-state index in [0.717, 1.165) is 12.8 Å². The van der Waals surface area contributed by atoms with Crippen LogP contribution in [-0.4, -0.2) is 45.6 Å². The number of aliphatic carboxylic acids is 1. The van der Waals surface area contributed by atoms with E-state index in [1.165, 1.54) is 6.33 Å². The molecule has 0 radical (unpaired) electrons. The monoisotopic (exact) mass is 283 g/mol. The van der Waals surface area contributed by atoms with Crippen LogP contribution in [0, 0.1) is 0 Å². The van der Waals surface area contributed by atoms with E-state index in [1.54, 1.807) is 6.20 Å². The minimum absolute atomic E-state index is 0.111. The lowest BCUT2D eigenvalue weighted by molar-refractivity contribution is -0.142. The highest BCUT2D eigenvalue weighted by Crippen LogP contribution is 2.02. The number of nitrogens with one attached hydrogen (secondary N) is 2. The topological polar surface area (TPSA) is 147 Å². The molecule has 1 heterocycles. The van der Waals surface area contributed by atoms with E-state index < -0.39 is 24.0 Å². The Morgan fingerprint density at radius 2 is 2.20 bits per heavy atom. The number of carbonyl (C=O) groups is 2. The maximum atomic E-state index is 11.8. The molecule has 20 heavy (non-hydrogen) atoms. The number of nitrogens with two attached hydrogens (primary N) is 2. The molecule has 0 fully saturated rings. The Morgan fingerprint density at radius 1 is 1.45 bits per heavy atom. The fourth-order valence-electron chi connectivity index (χ4n) is 1.73. The first kappa shape index (κ1) is 16.1. The summed E-state index contributed by atoms with van der Waals surface area (Å²) in [6, 6.07) is -1.76. The van der Waals surface area contributed by atoms with Crippen molar-refractivity contribution in [3.8, 4) is 0 Å². The van der Waals surface area contributed by atoms with E-state index in [1.807, 2.05) is 0 Å². The number of rotatable bonds is 9. The summed E-state index contributed by atoms with van der Waals surface area (Å²) in [5.41, 5.74) is 11.6. The fraction of sp³-hybridized carbons (Fsp3) is 0.583. The Balaban J connectivity index is 2.48. The molecule has 0 saturated heterocycles. The maximum absolute atomic E-state index is 11.8. The van der Waals surface area contributed by atoms with E-state index >= 15 is 0 Å². The van der Waals surface area contributed by atoms with Gasteiger partial charge in [0.2, 0.25) is 5.91 Å². The van der Waals surface area contributed by atoms with E-state index in [-0.39, 0.29) is 6.42 Å². The van der Waals surface area contributed by atoms with Gasteiger partial charge >= 0.3 is 5.97 Å². The Labute approximate surface area is 116 Å². The minimum atomic E-state index is -1.12. The fourth-order valence-corrected chi connectivity index (χ4v) is 1.73.